The van der Waals surface area contributed by atoms with Crippen LogP contribution in [0.4, 0.5) is 5.69 Å². The number of hydrogen-bond acceptors (Lipinski definition) is 4. The number of fused-ring (bicyclic) bond motifs is 1. The van der Waals surface area contributed by atoms with Crippen LogP contribution in [0.2, 0.25) is 5.02 Å². The number of carbonyl (C=O) groups is 2. The van der Waals surface area contributed by atoms with Gasteiger partial charge in [0.2, 0.25) is 0 Å². The average Bonchev–Trinajstić information content (AvgIpc) is 2.76. The van der Waals surface area contributed by atoms with Crippen LogP contribution >= 0.6 is 11.6 Å². The van der Waals surface area contributed by atoms with Crippen LogP contribution in [-0.2, 0) is 4.79 Å². The normalized spacial score (nSPS) is 11.3. The quantitative estimate of drug-likeness (QED) is 0.240. The maximum Gasteiger partial charge on any atom is 0.316 e. The number of para-hydroxylation sites is 1. The first kappa shape index (κ1) is 23.6. The van der Waals surface area contributed by atoms with Gasteiger partial charge in [-0.1, -0.05) is 61.3 Å². The molecule has 0 heterocycles. The van der Waals surface area contributed by atoms with Crippen molar-refractivity contribution in [2.24, 2.45) is 5.41 Å². The molecule has 1 amide bonds. The Labute approximate surface area is 193 Å². The number of hydrogen-bond donors (Lipinski definition) is 1. The third kappa shape index (κ3) is 5.40. The minimum atomic E-state index is -0.742. The molecule has 6 heteroatoms. The van der Waals surface area contributed by atoms with Crippen LogP contribution in [0.1, 0.15) is 50.9 Å². The van der Waals surface area contributed by atoms with Crippen molar-refractivity contribution in [3.63, 3.8) is 0 Å². The number of benzene rings is 3. The highest BCUT2D eigenvalue weighted by Crippen LogP contribution is 2.38. The molecule has 0 atom stereocenters. The molecule has 1 N–H and O–H groups in total. The van der Waals surface area contributed by atoms with Crippen molar-refractivity contribution in [2.45, 2.75) is 40.5 Å². The van der Waals surface area contributed by atoms with Crippen LogP contribution in [0, 0.1) is 5.41 Å². The van der Waals surface area contributed by atoms with Gasteiger partial charge in [0.15, 0.2) is 5.75 Å². The summed E-state index contributed by atoms with van der Waals surface area (Å²) in [7, 11) is 0. The predicted molar refractivity (Wildman–Crippen MR) is 129 cm³/mol. The van der Waals surface area contributed by atoms with Gasteiger partial charge in [-0.25, -0.2) is 0 Å². The third-order valence-electron chi connectivity index (χ3n) is 4.89. The highest BCUT2D eigenvalue weighted by molar-refractivity contribution is 6.34. The van der Waals surface area contributed by atoms with Gasteiger partial charge in [-0.3, -0.25) is 9.59 Å². The Morgan fingerprint density at radius 1 is 1.00 bits per heavy atom. The lowest BCUT2D eigenvalue weighted by molar-refractivity contribution is -0.142. The Balaban J connectivity index is 2.14. The number of rotatable bonds is 7. The fourth-order valence-electron chi connectivity index (χ4n) is 3.04. The summed E-state index contributed by atoms with van der Waals surface area (Å²) in [5, 5.41) is 4.63. The zero-order valence-electron chi connectivity index (χ0n) is 18.8. The fraction of sp³-hybridized carbons (Fsp3) is 0.308. The summed E-state index contributed by atoms with van der Waals surface area (Å²) in [6.45, 7) is 7.90. The molecule has 0 aliphatic rings. The van der Waals surface area contributed by atoms with Crippen molar-refractivity contribution in [3.8, 4) is 11.5 Å². The number of esters is 1. The molecule has 3 rings (SSSR count). The second-order valence-corrected chi connectivity index (χ2v) is 8.98. The van der Waals surface area contributed by atoms with Gasteiger partial charge in [-0.15, -0.1) is 0 Å². The molecule has 5 nitrogen and oxygen atoms in total. The van der Waals surface area contributed by atoms with Crippen molar-refractivity contribution in [2.75, 3.05) is 11.9 Å². The van der Waals surface area contributed by atoms with Crippen LogP contribution in [0.25, 0.3) is 10.8 Å². The molecule has 0 saturated carbocycles. The van der Waals surface area contributed by atoms with E-state index in [0.717, 1.165) is 18.2 Å². The summed E-state index contributed by atoms with van der Waals surface area (Å²) >= 11 is 6.23. The molecular weight excluding hydrogens is 426 g/mol. The van der Waals surface area contributed by atoms with E-state index in [4.69, 9.17) is 21.1 Å². The molecular formula is C26H28ClNO4. The Bertz CT molecular complexity index is 1130. The number of ether oxygens (including phenoxy) is 2. The number of halogens is 1. The minimum absolute atomic E-state index is 0.202. The average molecular weight is 454 g/mol. The van der Waals surface area contributed by atoms with Gasteiger partial charge >= 0.3 is 5.97 Å². The molecule has 0 radical (unpaired) electrons. The largest absolute Gasteiger partial charge is 0.493 e. The van der Waals surface area contributed by atoms with Crippen LogP contribution in [0.5, 0.6) is 11.5 Å². The molecule has 0 aliphatic carbocycles. The second-order valence-electron chi connectivity index (χ2n) is 8.57. The molecule has 3 aromatic carbocycles. The van der Waals surface area contributed by atoms with E-state index in [9.17, 15) is 9.59 Å². The number of anilines is 1. The molecule has 0 saturated heterocycles. The van der Waals surface area contributed by atoms with Crippen molar-refractivity contribution >= 4 is 39.9 Å². The maximum absolute atomic E-state index is 13.3. The van der Waals surface area contributed by atoms with Crippen molar-refractivity contribution in [1.29, 1.82) is 0 Å². The van der Waals surface area contributed by atoms with Gasteiger partial charge in [0.05, 0.1) is 28.3 Å². The Morgan fingerprint density at radius 3 is 2.31 bits per heavy atom. The van der Waals surface area contributed by atoms with E-state index in [-0.39, 0.29) is 11.3 Å². The maximum atomic E-state index is 13.3. The summed E-state index contributed by atoms with van der Waals surface area (Å²) in [5.74, 6) is -0.114. The number of amides is 1. The van der Waals surface area contributed by atoms with E-state index in [2.05, 4.69) is 12.2 Å². The highest BCUT2D eigenvalue weighted by Gasteiger charge is 2.28. The molecule has 0 aromatic heterocycles. The summed E-state index contributed by atoms with van der Waals surface area (Å²) in [5.41, 5.74) is -0.0740. The van der Waals surface area contributed by atoms with Gasteiger partial charge in [0.1, 0.15) is 5.75 Å². The van der Waals surface area contributed by atoms with Gasteiger partial charge in [-0.05, 0) is 45.4 Å². The third-order valence-corrected chi connectivity index (χ3v) is 5.22. The van der Waals surface area contributed by atoms with E-state index in [1.54, 1.807) is 51.1 Å². The van der Waals surface area contributed by atoms with E-state index >= 15 is 0 Å². The van der Waals surface area contributed by atoms with E-state index in [1.807, 2.05) is 24.3 Å². The molecule has 0 fully saturated rings. The van der Waals surface area contributed by atoms with Gasteiger partial charge in [-0.2, -0.15) is 0 Å². The zero-order valence-corrected chi connectivity index (χ0v) is 19.6. The molecule has 0 bridgehead atoms. The summed E-state index contributed by atoms with van der Waals surface area (Å²) in [4.78, 5) is 26.1. The van der Waals surface area contributed by atoms with Crippen molar-refractivity contribution < 1.29 is 19.1 Å². The van der Waals surface area contributed by atoms with E-state index < -0.39 is 17.3 Å². The van der Waals surface area contributed by atoms with Gasteiger partial charge in [0.25, 0.3) is 5.91 Å². The molecule has 0 unspecified atom stereocenters. The highest BCUT2D eigenvalue weighted by atomic mass is 35.5. The van der Waals surface area contributed by atoms with E-state index in [1.165, 1.54) is 0 Å². The van der Waals surface area contributed by atoms with Gasteiger partial charge in [0, 0.05) is 10.8 Å². The molecule has 32 heavy (non-hydrogen) atoms. The lowest BCUT2D eigenvalue weighted by Gasteiger charge is -2.21. The molecule has 3 aromatic rings. The zero-order chi connectivity index (χ0) is 23.3. The lowest BCUT2D eigenvalue weighted by atomic mass is 9.97. The Morgan fingerprint density at radius 2 is 1.66 bits per heavy atom. The van der Waals surface area contributed by atoms with Crippen molar-refractivity contribution in [3.05, 3.63) is 65.2 Å². The monoisotopic (exact) mass is 453 g/mol. The molecule has 0 spiro atoms. The van der Waals surface area contributed by atoms with Crippen LogP contribution in [0.3, 0.4) is 0 Å². The van der Waals surface area contributed by atoms with Crippen LogP contribution in [-0.4, -0.2) is 18.5 Å². The number of unbranched alkanes of at least 4 members (excludes halogenated alkanes) is 1. The first-order chi connectivity index (χ1) is 15.2. The Hall–Kier alpha value is -3.05. The summed E-state index contributed by atoms with van der Waals surface area (Å²) < 4.78 is 11.8. The molecule has 168 valence electrons. The number of carbonyl (C=O) groups excluding carboxylic acids is 2. The lowest BCUT2D eigenvalue weighted by Crippen LogP contribution is -2.27. The summed E-state index contributed by atoms with van der Waals surface area (Å²) in [6.07, 6.45) is 1.87. The fourth-order valence-corrected chi connectivity index (χ4v) is 3.22. The van der Waals surface area contributed by atoms with Gasteiger partial charge < -0.3 is 14.8 Å². The SMILES string of the molecule is CCCCOc1cc(C(=O)Nc2ccccc2Cl)c(OC(=O)C(C)(C)C)c2ccccc12. The Kier molecular flexibility index (Phi) is 7.41. The first-order valence-electron chi connectivity index (χ1n) is 10.7. The smallest absolute Gasteiger partial charge is 0.316 e. The minimum Gasteiger partial charge on any atom is -0.493 e. The van der Waals surface area contributed by atoms with Crippen LogP contribution < -0.4 is 14.8 Å². The standard InChI is InChI=1S/C26H28ClNO4/c1-5-6-15-31-22-16-19(24(29)28-21-14-10-9-13-20(21)27)23(32-25(30)26(2,3)4)18-12-8-7-11-17(18)22/h7-14,16H,5-6,15H2,1-4H3,(H,28,29). The number of nitrogens with one attached hydrogen (secondary N) is 1. The van der Waals surface area contributed by atoms with E-state index in [0.29, 0.717) is 28.5 Å². The first-order valence-corrected chi connectivity index (χ1v) is 11.1. The second kappa shape index (κ2) is 10.0. The van der Waals surface area contributed by atoms with Crippen LogP contribution in [0.15, 0.2) is 54.6 Å². The molecule has 0 aliphatic heterocycles. The van der Waals surface area contributed by atoms with Crippen molar-refractivity contribution in [1.82, 2.24) is 0 Å². The summed E-state index contributed by atoms with van der Waals surface area (Å²) in [6, 6.07) is 16.0. The predicted octanol–water partition coefficient (Wildman–Crippen LogP) is 6.88. The topological polar surface area (TPSA) is 64.6 Å².